The summed E-state index contributed by atoms with van der Waals surface area (Å²) in [5, 5.41) is 5.47. The van der Waals surface area contributed by atoms with E-state index in [2.05, 4.69) is 36.0 Å². The number of hydrogen-bond acceptors (Lipinski definition) is 4. The molecule has 1 heterocycles. The topological polar surface area (TPSA) is 70.7 Å². The van der Waals surface area contributed by atoms with E-state index in [1.165, 1.54) is 0 Å². The second-order valence-corrected chi connectivity index (χ2v) is 7.25. The van der Waals surface area contributed by atoms with Crippen molar-refractivity contribution in [3.63, 3.8) is 0 Å². The molecule has 2 amide bonds. The van der Waals surface area contributed by atoms with Crippen molar-refractivity contribution < 1.29 is 14.3 Å². The third-order valence-corrected chi connectivity index (χ3v) is 5.38. The van der Waals surface area contributed by atoms with Crippen LogP contribution in [0.15, 0.2) is 66.9 Å². The first kappa shape index (κ1) is 21.4. The van der Waals surface area contributed by atoms with Gasteiger partial charge < -0.3 is 20.3 Å². The molecular weight excluding hydrogens is 378 g/mol. The van der Waals surface area contributed by atoms with Gasteiger partial charge in [-0.2, -0.15) is 0 Å². The summed E-state index contributed by atoms with van der Waals surface area (Å²) in [6.07, 6.45) is 0.634. The zero-order valence-electron chi connectivity index (χ0n) is 17.6. The number of carbonyl (C=O) groups is 2. The number of carbonyl (C=O) groups excluding carboxylic acids is 2. The molecule has 0 aliphatic carbocycles. The Labute approximate surface area is 177 Å². The van der Waals surface area contributed by atoms with E-state index in [0.29, 0.717) is 12.1 Å². The van der Waals surface area contributed by atoms with Crippen molar-refractivity contribution in [2.75, 3.05) is 24.6 Å². The van der Waals surface area contributed by atoms with Crippen molar-refractivity contribution >= 4 is 17.7 Å². The monoisotopic (exact) mass is 407 g/mol. The summed E-state index contributed by atoms with van der Waals surface area (Å²) in [6, 6.07) is 16.9. The standard InChI is InChI=1S/C24H29N3O3/c1-4-27(5-2)20-13-11-19(12-14-20)22-21(17(3)25-24(29)26-22)23(28)30-16-15-18-9-7-6-8-10-18/h6-14,21-22H,3-5,15-16H2,1-2H3,(H2,25,26,29). The lowest BCUT2D eigenvalue weighted by Crippen LogP contribution is -2.51. The Kier molecular flexibility index (Phi) is 7.12. The van der Waals surface area contributed by atoms with Crippen LogP contribution < -0.4 is 15.5 Å². The van der Waals surface area contributed by atoms with Gasteiger partial charge in [0.2, 0.25) is 0 Å². The Bertz CT molecular complexity index is 876. The lowest BCUT2D eigenvalue weighted by Gasteiger charge is -2.33. The molecule has 0 radical (unpaired) electrons. The van der Waals surface area contributed by atoms with Gasteiger partial charge in [-0.05, 0) is 37.1 Å². The second kappa shape index (κ2) is 9.96. The van der Waals surface area contributed by atoms with E-state index in [-0.39, 0.29) is 12.6 Å². The van der Waals surface area contributed by atoms with Gasteiger partial charge in [-0.3, -0.25) is 4.79 Å². The number of ether oxygens (including phenoxy) is 1. The Balaban J connectivity index is 1.73. The molecule has 0 aromatic heterocycles. The Morgan fingerprint density at radius 2 is 1.73 bits per heavy atom. The highest BCUT2D eigenvalue weighted by atomic mass is 16.5. The summed E-state index contributed by atoms with van der Waals surface area (Å²) < 4.78 is 5.54. The van der Waals surface area contributed by atoms with Crippen LogP contribution in [0.25, 0.3) is 0 Å². The third-order valence-electron chi connectivity index (χ3n) is 5.38. The average Bonchev–Trinajstić information content (AvgIpc) is 2.75. The molecule has 0 spiro atoms. The van der Waals surface area contributed by atoms with Crippen molar-refractivity contribution in [3.8, 4) is 0 Å². The fraction of sp³-hybridized carbons (Fsp3) is 0.333. The molecule has 30 heavy (non-hydrogen) atoms. The molecule has 2 atom stereocenters. The second-order valence-electron chi connectivity index (χ2n) is 7.25. The van der Waals surface area contributed by atoms with Gasteiger partial charge >= 0.3 is 12.0 Å². The Morgan fingerprint density at radius 1 is 1.07 bits per heavy atom. The van der Waals surface area contributed by atoms with Crippen LogP contribution in [0.3, 0.4) is 0 Å². The zero-order valence-corrected chi connectivity index (χ0v) is 17.6. The summed E-state index contributed by atoms with van der Waals surface area (Å²) >= 11 is 0. The van der Waals surface area contributed by atoms with E-state index in [9.17, 15) is 9.59 Å². The molecule has 2 N–H and O–H groups in total. The van der Waals surface area contributed by atoms with Gasteiger partial charge in [0.05, 0.1) is 12.6 Å². The van der Waals surface area contributed by atoms with E-state index in [1.807, 2.05) is 54.6 Å². The fourth-order valence-corrected chi connectivity index (χ4v) is 3.72. The first-order chi connectivity index (χ1) is 14.5. The van der Waals surface area contributed by atoms with Gasteiger partial charge in [0.25, 0.3) is 0 Å². The van der Waals surface area contributed by atoms with Crippen molar-refractivity contribution in [2.45, 2.75) is 26.3 Å². The van der Waals surface area contributed by atoms with Crippen LogP contribution in [0.1, 0.15) is 31.0 Å². The minimum absolute atomic E-state index is 0.272. The predicted molar refractivity (Wildman–Crippen MR) is 118 cm³/mol. The number of nitrogens with one attached hydrogen (secondary N) is 2. The van der Waals surface area contributed by atoms with E-state index in [0.717, 1.165) is 29.9 Å². The molecule has 6 nitrogen and oxygen atoms in total. The Hall–Kier alpha value is -3.28. The third kappa shape index (κ3) is 5.00. The molecule has 0 bridgehead atoms. The number of amides is 2. The van der Waals surface area contributed by atoms with Crippen LogP contribution in [-0.4, -0.2) is 31.7 Å². The van der Waals surface area contributed by atoms with Crippen molar-refractivity contribution in [1.82, 2.24) is 10.6 Å². The van der Waals surface area contributed by atoms with E-state index in [1.54, 1.807) is 0 Å². The van der Waals surface area contributed by atoms with Crippen LogP contribution >= 0.6 is 0 Å². The van der Waals surface area contributed by atoms with Gasteiger partial charge in [-0.25, -0.2) is 4.79 Å². The first-order valence-electron chi connectivity index (χ1n) is 10.3. The highest BCUT2D eigenvalue weighted by Crippen LogP contribution is 2.31. The quantitative estimate of drug-likeness (QED) is 0.653. The van der Waals surface area contributed by atoms with Crippen molar-refractivity contribution in [3.05, 3.63) is 78.0 Å². The fourth-order valence-electron chi connectivity index (χ4n) is 3.72. The summed E-state index contributed by atoms with van der Waals surface area (Å²) in [5.74, 6) is -1.10. The molecule has 2 unspecified atom stereocenters. The van der Waals surface area contributed by atoms with Crippen molar-refractivity contribution in [1.29, 1.82) is 0 Å². The number of anilines is 1. The summed E-state index contributed by atoms with van der Waals surface area (Å²) in [6.45, 7) is 10.2. The smallest absolute Gasteiger partial charge is 0.319 e. The maximum absolute atomic E-state index is 12.9. The number of urea groups is 1. The van der Waals surface area contributed by atoms with E-state index >= 15 is 0 Å². The minimum atomic E-state index is -0.697. The van der Waals surface area contributed by atoms with Gasteiger partial charge in [0.15, 0.2) is 0 Å². The summed E-state index contributed by atoms with van der Waals surface area (Å²) in [4.78, 5) is 27.2. The van der Waals surface area contributed by atoms with Gasteiger partial charge in [0.1, 0.15) is 5.92 Å². The lowest BCUT2D eigenvalue weighted by atomic mass is 9.89. The van der Waals surface area contributed by atoms with Gasteiger partial charge in [-0.1, -0.05) is 49.0 Å². The lowest BCUT2D eigenvalue weighted by molar-refractivity contribution is -0.148. The number of nitrogens with zero attached hydrogens (tertiary/aromatic N) is 1. The normalized spacial score (nSPS) is 18.3. The highest BCUT2D eigenvalue weighted by molar-refractivity contribution is 5.85. The van der Waals surface area contributed by atoms with Crippen LogP contribution in [-0.2, 0) is 16.0 Å². The molecule has 1 aliphatic rings. The molecule has 2 aromatic rings. The Morgan fingerprint density at radius 3 is 2.37 bits per heavy atom. The molecule has 158 valence electrons. The molecule has 6 heteroatoms. The zero-order chi connectivity index (χ0) is 21.5. The number of esters is 1. The molecule has 3 rings (SSSR count). The maximum atomic E-state index is 12.9. The van der Waals surface area contributed by atoms with E-state index in [4.69, 9.17) is 4.74 Å². The number of rotatable bonds is 8. The molecular formula is C24H29N3O3. The maximum Gasteiger partial charge on any atom is 0.319 e. The van der Waals surface area contributed by atoms with Gasteiger partial charge in [-0.15, -0.1) is 0 Å². The number of hydrogen-bond donors (Lipinski definition) is 2. The SMILES string of the molecule is C=C1NC(=O)NC(c2ccc(N(CC)CC)cc2)C1C(=O)OCCc1ccccc1. The average molecular weight is 408 g/mol. The van der Waals surface area contributed by atoms with Crippen LogP contribution in [0, 0.1) is 5.92 Å². The highest BCUT2D eigenvalue weighted by Gasteiger charge is 2.38. The summed E-state index contributed by atoms with van der Waals surface area (Å²) in [7, 11) is 0. The molecule has 1 fully saturated rings. The molecule has 1 aliphatic heterocycles. The molecule has 2 aromatic carbocycles. The van der Waals surface area contributed by atoms with E-state index < -0.39 is 17.9 Å². The van der Waals surface area contributed by atoms with Gasteiger partial charge in [0, 0.05) is 30.9 Å². The van der Waals surface area contributed by atoms with Crippen molar-refractivity contribution in [2.24, 2.45) is 5.92 Å². The first-order valence-corrected chi connectivity index (χ1v) is 10.3. The van der Waals surface area contributed by atoms with Crippen LogP contribution in [0.4, 0.5) is 10.5 Å². The molecule has 0 saturated carbocycles. The largest absolute Gasteiger partial charge is 0.465 e. The summed E-state index contributed by atoms with van der Waals surface area (Å²) in [5.41, 5.74) is 3.39. The minimum Gasteiger partial charge on any atom is -0.465 e. The van der Waals surface area contributed by atoms with Crippen LogP contribution in [0.2, 0.25) is 0 Å². The predicted octanol–water partition coefficient (Wildman–Crippen LogP) is 3.80. The molecule has 1 saturated heterocycles. The number of benzene rings is 2. The van der Waals surface area contributed by atoms with Crippen LogP contribution in [0.5, 0.6) is 0 Å².